The standard InChI is InChI=1S/C22H26ClNO4/c1-15(2)28-20-9-6-16(12-21(20)27-5)7-11-22(25)24(3)14-17-13-18(23)8-10-19(17)26-4/h6-13,15H,14H2,1-5H3/b11-7+. The van der Waals surface area contributed by atoms with Gasteiger partial charge in [0, 0.05) is 30.3 Å². The molecule has 2 aromatic rings. The van der Waals surface area contributed by atoms with E-state index < -0.39 is 0 Å². The van der Waals surface area contributed by atoms with E-state index in [0.717, 1.165) is 11.1 Å². The van der Waals surface area contributed by atoms with Crippen molar-refractivity contribution in [2.24, 2.45) is 0 Å². The Balaban J connectivity index is 2.09. The summed E-state index contributed by atoms with van der Waals surface area (Å²) < 4.78 is 16.4. The van der Waals surface area contributed by atoms with Crippen LogP contribution < -0.4 is 14.2 Å². The highest BCUT2D eigenvalue weighted by Crippen LogP contribution is 2.29. The van der Waals surface area contributed by atoms with E-state index in [1.807, 2.05) is 32.0 Å². The minimum atomic E-state index is -0.136. The van der Waals surface area contributed by atoms with Gasteiger partial charge in [0.25, 0.3) is 0 Å². The molecule has 0 atom stereocenters. The van der Waals surface area contributed by atoms with E-state index in [2.05, 4.69) is 0 Å². The van der Waals surface area contributed by atoms with Gasteiger partial charge in [-0.2, -0.15) is 0 Å². The third-order valence-corrected chi connectivity index (χ3v) is 4.23. The zero-order valence-electron chi connectivity index (χ0n) is 16.9. The van der Waals surface area contributed by atoms with Crippen LogP contribution in [0.5, 0.6) is 17.2 Å². The number of hydrogen-bond donors (Lipinski definition) is 0. The number of rotatable bonds is 8. The van der Waals surface area contributed by atoms with Crippen LogP contribution in [0.4, 0.5) is 0 Å². The number of likely N-dealkylation sites (N-methyl/N-ethyl adjacent to an activating group) is 1. The molecule has 150 valence electrons. The molecule has 0 radical (unpaired) electrons. The lowest BCUT2D eigenvalue weighted by molar-refractivity contribution is -0.125. The zero-order valence-corrected chi connectivity index (χ0v) is 17.6. The smallest absolute Gasteiger partial charge is 0.246 e. The van der Waals surface area contributed by atoms with Gasteiger partial charge < -0.3 is 19.1 Å². The molecule has 0 spiro atoms. The summed E-state index contributed by atoms with van der Waals surface area (Å²) in [6.45, 7) is 4.30. The van der Waals surface area contributed by atoms with Crippen LogP contribution in [0.15, 0.2) is 42.5 Å². The van der Waals surface area contributed by atoms with Crippen molar-refractivity contribution in [2.75, 3.05) is 21.3 Å². The quantitative estimate of drug-likeness (QED) is 0.593. The third-order valence-electron chi connectivity index (χ3n) is 3.99. The monoisotopic (exact) mass is 403 g/mol. The fourth-order valence-corrected chi connectivity index (χ4v) is 2.83. The third kappa shape index (κ3) is 5.92. The Morgan fingerprint density at radius 1 is 1.07 bits per heavy atom. The van der Waals surface area contributed by atoms with Crippen LogP contribution in [0.2, 0.25) is 5.02 Å². The van der Waals surface area contributed by atoms with Crippen molar-refractivity contribution in [2.45, 2.75) is 26.5 Å². The molecule has 5 nitrogen and oxygen atoms in total. The lowest BCUT2D eigenvalue weighted by atomic mass is 10.1. The highest BCUT2D eigenvalue weighted by molar-refractivity contribution is 6.30. The van der Waals surface area contributed by atoms with Gasteiger partial charge in [0.1, 0.15) is 5.75 Å². The van der Waals surface area contributed by atoms with Crippen LogP contribution in [-0.4, -0.2) is 38.2 Å². The van der Waals surface area contributed by atoms with Crippen molar-refractivity contribution in [3.63, 3.8) is 0 Å². The van der Waals surface area contributed by atoms with E-state index in [1.165, 1.54) is 6.08 Å². The number of amides is 1. The summed E-state index contributed by atoms with van der Waals surface area (Å²) in [5.74, 6) is 1.86. The molecule has 0 unspecified atom stereocenters. The van der Waals surface area contributed by atoms with E-state index in [4.69, 9.17) is 25.8 Å². The second-order valence-electron chi connectivity index (χ2n) is 6.56. The largest absolute Gasteiger partial charge is 0.496 e. The second kappa shape index (κ2) is 10.0. The Morgan fingerprint density at radius 3 is 2.39 bits per heavy atom. The zero-order chi connectivity index (χ0) is 20.7. The molecule has 0 aromatic heterocycles. The predicted molar refractivity (Wildman–Crippen MR) is 112 cm³/mol. The van der Waals surface area contributed by atoms with Gasteiger partial charge in [0.15, 0.2) is 11.5 Å². The number of hydrogen-bond acceptors (Lipinski definition) is 4. The highest BCUT2D eigenvalue weighted by Gasteiger charge is 2.11. The maximum Gasteiger partial charge on any atom is 0.246 e. The molecule has 1 amide bonds. The Hall–Kier alpha value is -2.66. The molecule has 2 rings (SSSR count). The first kappa shape index (κ1) is 21.6. The van der Waals surface area contributed by atoms with E-state index in [0.29, 0.717) is 28.8 Å². The van der Waals surface area contributed by atoms with Gasteiger partial charge in [-0.1, -0.05) is 17.7 Å². The SMILES string of the molecule is COc1ccc(Cl)cc1CN(C)C(=O)/C=C/c1ccc(OC(C)C)c(OC)c1. The highest BCUT2D eigenvalue weighted by atomic mass is 35.5. The molecule has 6 heteroatoms. The molecule has 0 aliphatic carbocycles. The summed E-state index contributed by atoms with van der Waals surface area (Å²) in [7, 11) is 4.91. The van der Waals surface area contributed by atoms with E-state index in [-0.39, 0.29) is 12.0 Å². The van der Waals surface area contributed by atoms with Gasteiger partial charge in [0.05, 0.1) is 20.3 Å². The van der Waals surface area contributed by atoms with Crippen LogP contribution in [0.25, 0.3) is 6.08 Å². The lowest BCUT2D eigenvalue weighted by Gasteiger charge is -2.17. The number of ether oxygens (including phenoxy) is 3. The second-order valence-corrected chi connectivity index (χ2v) is 7.00. The van der Waals surface area contributed by atoms with Crippen molar-refractivity contribution >= 4 is 23.6 Å². The van der Waals surface area contributed by atoms with Gasteiger partial charge in [-0.25, -0.2) is 0 Å². The lowest BCUT2D eigenvalue weighted by Crippen LogP contribution is -2.24. The first-order valence-electron chi connectivity index (χ1n) is 8.94. The Labute approximate surface area is 171 Å². The fraction of sp³-hybridized carbons (Fsp3) is 0.318. The number of halogens is 1. The molecule has 0 saturated carbocycles. The van der Waals surface area contributed by atoms with Gasteiger partial charge >= 0.3 is 0 Å². The molecule has 0 N–H and O–H groups in total. The van der Waals surface area contributed by atoms with E-state index in [9.17, 15) is 4.79 Å². The molecule has 0 aliphatic rings. The van der Waals surface area contributed by atoms with Crippen molar-refractivity contribution in [1.29, 1.82) is 0 Å². The first-order valence-corrected chi connectivity index (χ1v) is 9.32. The Bertz CT molecular complexity index is 848. The van der Waals surface area contributed by atoms with Gasteiger partial charge in [-0.05, 0) is 55.8 Å². The van der Waals surface area contributed by atoms with E-state index >= 15 is 0 Å². The number of carbonyl (C=O) groups is 1. The van der Waals surface area contributed by atoms with Crippen molar-refractivity contribution < 1.29 is 19.0 Å². The Kier molecular flexibility index (Phi) is 7.76. The molecule has 2 aromatic carbocycles. The summed E-state index contributed by atoms with van der Waals surface area (Å²) in [6.07, 6.45) is 3.32. The molecular weight excluding hydrogens is 378 g/mol. The van der Waals surface area contributed by atoms with Gasteiger partial charge in [-0.3, -0.25) is 4.79 Å². The summed E-state index contributed by atoms with van der Waals surface area (Å²) in [6, 6.07) is 10.9. The Morgan fingerprint density at radius 2 is 1.75 bits per heavy atom. The predicted octanol–water partition coefficient (Wildman–Crippen LogP) is 4.82. The van der Waals surface area contributed by atoms with Crippen LogP contribution in [0, 0.1) is 0 Å². The fourth-order valence-electron chi connectivity index (χ4n) is 2.64. The van der Waals surface area contributed by atoms with Crippen LogP contribution >= 0.6 is 11.6 Å². The molecule has 0 saturated heterocycles. The summed E-state index contributed by atoms with van der Waals surface area (Å²) >= 11 is 6.06. The molecular formula is C22H26ClNO4. The topological polar surface area (TPSA) is 48.0 Å². The number of carbonyl (C=O) groups excluding carboxylic acids is 1. The van der Waals surface area contributed by atoms with Gasteiger partial charge in [-0.15, -0.1) is 0 Å². The van der Waals surface area contributed by atoms with Crippen molar-refractivity contribution in [3.8, 4) is 17.2 Å². The van der Waals surface area contributed by atoms with Crippen molar-refractivity contribution in [1.82, 2.24) is 4.90 Å². The minimum absolute atomic E-state index is 0.0500. The van der Waals surface area contributed by atoms with Crippen molar-refractivity contribution in [3.05, 3.63) is 58.6 Å². The summed E-state index contributed by atoms with van der Waals surface area (Å²) in [5, 5.41) is 0.600. The maximum atomic E-state index is 12.5. The average Bonchev–Trinajstić information content (AvgIpc) is 2.66. The molecule has 0 fully saturated rings. The normalized spacial score (nSPS) is 11.0. The molecule has 0 heterocycles. The first-order chi connectivity index (χ1) is 13.3. The molecule has 0 bridgehead atoms. The minimum Gasteiger partial charge on any atom is -0.496 e. The number of nitrogens with zero attached hydrogens (tertiary/aromatic N) is 1. The summed E-state index contributed by atoms with van der Waals surface area (Å²) in [5.41, 5.74) is 1.69. The molecule has 28 heavy (non-hydrogen) atoms. The number of methoxy groups -OCH3 is 2. The molecule has 0 aliphatic heterocycles. The number of benzene rings is 2. The maximum absolute atomic E-state index is 12.5. The summed E-state index contributed by atoms with van der Waals surface area (Å²) in [4.78, 5) is 14.1. The van der Waals surface area contributed by atoms with Gasteiger partial charge in [0.2, 0.25) is 5.91 Å². The van der Waals surface area contributed by atoms with E-state index in [1.54, 1.807) is 50.4 Å². The van der Waals surface area contributed by atoms with Crippen LogP contribution in [-0.2, 0) is 11.3 Å². The van der Waals surface area contributed by atoms with Crippen LogP contribution in [0.1, 0.15) is 25.0 Å². The average molecular weight is 404 g/mol. The van der Waals surface area contributed by atoms with Crippen LogP contribution in [0.3, 0.4) is 0 Å².